The summed E-state index contributed by atoms with van der Waals surface area (Å²) in [5, 5.41) is 6.39. The Morgan fingerprint density at radius 2 is 1.22 bits per heavy atom. The molecule has 0 unspecified atom stereocenters. The van der Waals surface area contributed by atoms with E-state index in [0.29, 0.717) is 33.6 Å². The van der Waals surface area contributed by atoms with E-state index in [1.807, 2.05) is 38.1 Å². The van der Waals surface area contributed by atoms with Crippen molar-refractivity contribution in [3.8, 4) is 0 Å². The number of anilines is 3. The first kappa shape index (κ1) is 17.0. The van der Waals surface area contributed by atoms with Crippen molar-refractivity contribution in [1.29, 1.82) is 0 Å². The van der Waals surface area contributed by atoms with Crippen LogP contribution < -0.4 is 10.6 Å². The summed E-state index contributed by atoms with van der Waals surface area (Å²) in [6.07, 6.45) is 0. The van der Waals surface area contributed by atoms with Crippen LogP contribution in [0, 0.1) is 13.8 Å². The lowest BCUT2D eigenvalue weighted by molar-refractivity contribution is 0.0980. The van der Waals surface area contributed by atoms with Crippen molar-refractivity contribution in [3.05, 3.63) is 88.0 Å². The second-order valence-corrected chi connectivity index (χ2v) is 6.87. The van der Waals surface area contributed by atoms with Crippen LogP contribution in [-0.4, -0.2) is 18.6 Å². The average molecular weight is 356 g/mol. The van der Waals surface area contributed by atoms with Gasteiger partial charge < -0.3 is 10.6 Å². The molecule has 4 heteroatoms. The van der Waals surface area contributed by atoms with Gasteiger partial charge in [-0.05, 0) is 49.2 Å². The number of hydrogen-bond acceptors (Lipinski definition) is 4. The van der Waals surface area contributed by atoms with Crippen LogP contribution >= 0.6 is 0 Å². The summed E-state index contributed by atoms with van der Waals surface area (Å²) in [4.78, 5) is 26.4. The van der Waals surface area contributed by atoms with E-state index >= 15 is 0 Å². The smallest absolute Gasteiger partial charge is 0.196 e. The van der Waals surface area contributed by atoms with Gasteiger partial charge in [0.2, 0.25) is 0 Å². The Kier molecular flexibility index (Phi) is 4.04. The lowest BCUT2D eigenvalue weighted by Gasteiger charge is -2.23. The topological polar surface area (TPSA) is 58.2 Å². The summed E-state index contributed by atoms with van der Waals surface area (Å²) >= 11 is 0. The predicted octanol–water partition coefficient (Wildman–Crippen LogP) is 4.86. The van der Waals surface area contributed by atoms with Crippen molar-refractivity contribution in [1.82, 2.24) is 0 Å². The average Bonchev–Trinajstić information content (AvgIpc) is 2.65. The normalized spacial score (nSPS) is 12.4. The Balaban J connectivity index is 1.91. The van der Waals surface area contributed by atoms with Gasteiger partial charge in [-0.3, -0.25) is 9.59 Å². The van der Waals surface area contributed by atoms with Gasteiger partial charge in [-0.1, -0.05) is 30.3 Å². The molecule has 0 radical (unpaired) electrons. The van der Waals surface area contributed by atoms with Gasteiger partial charge in [0.15, 0.2) is 11.6 Å². The Morgan fingerprint density at radius 1 is 0.704 bits per heavy atom. The monoisotopic (exact) mass is 356 g/mol. The van der Waals surface area contributed by atoms with Gasteiger partial charge in [0.05, 0.1) is 16.8 Å². The van der Waals surface area contributed by atoms with Crippen LogP contribution in [0.2, 0.25) is 0 Å². The number of carbonyl (C=O) groups excluding carboxylic acids is 2. The van der Waals surface area contributed by atoms with E-state index in [9.17, 15) is 9.59 Å². The molecule has 1 aliphatic rings. The van der Waals surface area contributed by atoms with Crippen LogP contribution in [0.5, 0.6) is 0 Å². The molecule has 4 rings (SSSR count). The van der Waals surface area contributed by atoms with Crippen molar-refractivity contribution in [2.45, 2.75) is 13.8 Å². The maximum Gasteiger partial charge on any atom is 0.196 e. The number of hydrogen-bond donors (Lipinski definition) is 2. The molecule has 2 N–H and O–H groups in total. The summed E-state index contributed by atoms with van der Waals surface area (Å²) in [5.74, 6) is -0.266. The lowest BCUT2D eigenvalue weighted by Crippen LogP contribution is -2.23. The molecule has 3 aromatic carbocycles. The molecular weight excluding hydrogens is 336 g/mol. The Hall–Kier alpha value is -3.40. The molecule has 0 aliphatic heterocycles. The molecule has 0 amide bonds. The predicted molar refractivity (Wildman–Crippen MR) is 108 cm³/mol. The van der Waals surface area contributed by atoms with Crippen LogP contribution in [0.1, 0.15) is 43.0 Å². The molecular formula is C23H20N2O2. The number of nitrogens with one attached hydrogen (secondary N) is 2. The van der Waals surface area contributed by atoms with Gasteiger partial charge >= 0.3 is 0 Å². The first-order valence-electron chi connectivity index (χ1n) is 8.88. The molecule has 0 saturated carbocycles. The highest BCUT2D eigenvalue weighted by molar-refractivity contribution is 6.32. The van der Waals surface area contributed by atoms with Crippen molar-refractivity contribution >= 4 is 28.6 Å². The van der Waals surface area contributed by atoms with E-state index in [1.165, 1.54) is 0 Å². The summed E-state index contributed by atoms with van der Waals surface area (Å²) < 4.78 is 0. The highest BCUT2D eigenvalue weighted by Crippen LogP contribution is 2.37. The summed E-state index contributed by atoms with van der Waals surface area (Å²) in [6.45, 7) is 4.06. The molecule has 0 atom stereocenters. The second kappa shape index (κ2) is 6.40. The number of benzene rings is 3. The minimum absolute atomic E-state index is 0.131. The molecule has 0 fully saturated rings. The number of aryl methyl sites for hydroxylation is 2. The van der Waals surface area contributed by atoms with Crippen molar-refractivity contribution in [3.63, 3.8) is 0 Å². The van der Waals surface area contributed by atoms with E-state index in [4.69, 9.17) is 0 Å². The minimum atomic E-state index is -0.135. The highest BCUT2D eigenvalue weighted by atomic mass is 16.1. The number of fused-ring (bicyclic) bond motifs is 2. The first-order chi connectivity index (χ1) is 13.0. The van der Waals surface area contributed by atoms with Gasteiger partial charge in [0, 0.05) is 29.5 Å². The maximum atomic E-state index is 13.2. The Labute approximate surface area is 158 Å². The zero-order valence-electron chi connectivity index (χ0n) is 15.5. The molecule has 0 spiro atoms. The molecule has 0 saturated heterocycles. The van der Waals surface area contributed by atoms with Crippen LogP contribution in [0.4, 0.5) is 17.1 Å². The molecule has 1 aliphatic carbocycles. The number of rotatable bonds is 3. The van der Waals surface area contributed by atoms with Gasteiger partial charge in [-0.15, -0.1) is 0 Å². The third kappa shape index (κ3) is 2.79. The van der Waals surface area contributed by atoms with Crippen molar-refractivity contribution in [2.75, 3.05) is 17.7 Å². The van der Waals surface area contributed by atoms with Gasteiger partial charge in [0.25, 0.3) is 0 Å². The van der Waals surface area contributed by atoms with E-state index in [1.54, 1.807) is 31.3 Å². The SMILES string of the molecule is CNc1ccc(Nc2cc(C)cc(C)c2)c2c1C(=O)c1ccccc1C2=O. The summed E-state index contributed by atoms with van der Waals surface area (Å²) in [7, 11) is 1.75. The molecule has 4 nitrogen and oxygen atoms in total. The van der Waals surface area contributed by atoms with Crippen LogP contribution in [0.25, 0.3) is 0 Å². The fourth-order valence-electron chi connectivity index (χ4n) is 3.74. The molecule has 0 heterocycles. The van der Waals surface area contributed by atoms with E-state index in [0.717, 1.165) is 16.8 Å². The van der Waals surface area contributed by atoms with E-state index in [2.05, 4.69) is 16.7 Å². The van der Waals surface area contributed by atoms with Gasteiger partial charge in [-0.25, -0.2) is 0 Å². The lowest BCUT2D eigenvalue weighted by atomic mass is 9.82. The van der Waals surface area contributed by atoms with E-state index in [-0.39, 0.29) is 11.6 Å². The largest absolute Gasteiger partial charge is 0.388 e. The Morgan fingerprint density at radius 3 is 1.78 bits per heavy atom. The zero-order valence-corrected chi connectivity index (χ0v) is 15.5. The molecule has 3 aromatic rings. The minimum Gasteiger partial charge on any atom is -0.388 e. The number of ketones is 2. The highest BCUT2D eigenvalue weighted by Gasteiger charge is 2.33. The van der Waals surface area contributed by atoms with Gasteiger partial charge in [-0.2, -0.15) is 0 Å². The van der Waals surface area contributed by atoms with Crippen molar-refractivity contribution in [2.24, 2.45) is 0 Å². The molecule has 134 valence electrons. The third-order valence-corrected chi connectivity index (χ3v) is 4.85. The Bertz CT molecular complexity index is 1080. The van der Waals surface area contributed by atoms with Crippen molar-refractivity contribution < 1.29 is 9.59 Å². The fraction of sp³-hybridized carbons (Fsp3) is 0.130. The fourth-order valence-corrected chi connectivity index (χ4v) is 3.74. The van der Waals surface area contributed by atoms with Gasteiger partial charge in [0.1, 0.15) is 0 Å². The maximum absolute atomic E-state index is 13.2. The molecule has 0 aromatic heterocycles. The van der Waals surface area contributed by atoms with Crippen LogP contribution in [0.3, 0.4) is 0 Å². The standard InChI is InChI=1S/C23H20N2O2/c1-13-10-14(2)12-15(11-13)25-19-9-8-18(24-3)20-21(19)23(27)17-7-5-4-6-16(17)22(20)26/h4-12,24-25H,1-3H3. The molecule has 0 bridgehead atoms. The quantitative estimate of drug-likeness (QED) is 0.550. The van der Waals surface area contributed by atoms with Crippen LogP contribution in [0.15, 0.2) is 54.6 Å². The summed E-state index contributed by atoms with van der Waals surface area (Å²) in [5.41, 5.74) is 6.20. The number of carbonyl (C=O) groups is 2. The second-order valence-electron chi connectivity index (χ2n) is 6.87. The molecule has 27 heavy (non-hydrogen) atoms. The van der Waals surface area contributed by atoms with Crippen LogP contribution in [-0.2, 0) is 0 Å². The summed E-state index contributed by atoms with van der Waals surface area (Å²) in [6, 6.07) is 16.8. The zero-order chi connectivity index (χ0) is 19.1. The first-order valence-corrected chi connectivity index (χ1v) is 8.88. The van der Waals surface area contributed by atoms with E-state index < -0.39 is 0 Å². The third-order valence-electron chi connectivity index (χ3n) is 4.85.